The van der Waals surface area contributed by atoms with Gasteiger partial charge in [0.05, 0.1) is 6.10 Å². The van der Waals surface area contributed by atoms with Crippen LogP contribution in [-0.4, -0.2) is 35.7 Å². The van der Waals surface area contributed by atoms with Gasteiger partial charge in [-0.15, -0.1) is 0 Å². The van der Waals surface area contributed by atoms with E-state index < -0.39 is 0 Å². The second kappa shape index (κ2) is 5.31. The molecule has 0 aromatic rings. The summed E-state index contributed by atoms with van der Waals surface area (Å²) in [7, 11) is 0. The quantitative estimate of drug-likeness (QED) is 0.771. The Morgan fingerprint density at radius 2 is 2.00 bits per heavy atom. The topological polar surface area (TPSA) is 23.5 Å². The van der Waals surface area contributed by atoms with E-state index in [0.717, 1.165) is 12.5 Å². The first-order valence-corrected chi connectivity index (χ1v) is 6.70. The van der Waals surface area contributed by atoms with Gasteiger partial charge in [0, 0.05) is 6.54 Å². The summed E-state index contributed by atoms with van der Waals surface area (Å²) in [6, 6.07) is 0. The monoisotopic (exact) mass is 211 g/mol. The lowest BCUT2D eigenvalue weighted by Gasteiger charge is -2.23. The van der Waals surface area contributed by atoms with Crippen LogP contribution in [0.1, 0.15) is 45.4 Å². The minimum Gasteiger partial charge on any atom is -0.392 e. The molecule has 1 saturated carbocycles. The van der Waals surface area contributed by atoms with Gasteiger partial charge in [-0.25, -0.2) is 0 Å². The third-order valence-corrected chi connectivity index (χ3v) is 4.13. The van der Waals surface area contributed by atoms with Gasteiger partial charge in [0.1, 0.15) is 0 Å². The fourth-order valence-corrected chi connectivity index (χ4v) is 2.71. The van der Waals surface area contributed by atoms with Gasteiger partial charge in [-0.2, -0.15) is 0 Å². The van der Waals surface area contributed by atoms with Gasteiger partial charge in [0.2, 0.25) is 0 Å². The predicted molar refractivity (Wildman–Crippen MR) is 62.8 cm³/mol. The van der Waals surface area contributed by atoms with Crippen molar-refractivity contribution in [2.75, 3.05) is 19.6 Å². The summed E-state index contributed by atoms with van der Waals surface area (Å²) in [5.74, 6) is 1.57. The lowest BCUT2D eigenvalue weighted by atomic mass is 9.98. The molecule has 1 saturated heterocycles. The van der Waals surface area contributed by atoms with Crippen molar-refractivity contribution in [3.63, 3.8) is 0 Å². The van der Waals surface area contributed by atoms with Crippen LogP contribution in [0, 0.1) is 11.8 Å². The van der Waals surface area contributed by atoms with Crippen LogP contribution in [0.3, 0.4) is 0 Å². The van der Waals surface area contributed by atoms with Gasteiger partial charge in [-0.05, 0) is 57.0 Å². The first-order chi connectivity index (χ1) is 7.29. The summed E-state index contributed by atoms with van der Waals surface area (Å²) in [6.07, 6.45) is 7.87. The van der Waals surface area contributed by atoms with Crippen LogP contribution >= 0.6 is 0 Å². The van der Waals surface area contributed by atoms with Crippen LogP contribution in [-0.2, 0) is 0 Å². The zero-order valence-electron chi connectivity index (χ0n) is 9.99. The number of hydrogen-bond acceptors (Lipinski definition) is 2. The van der Waals surface area contributed by atoms with Crippen LogP contribution < -0.4 is 0 Å². The third-order valence-electron chi connectivity index (χ3n) is 4.13. The number of likely N-dealkylation sites (tertiary alicyclic amines) is 1. The number of aliphatic hydroxyl groups is 1. The lowest BCUT2D eigenvalue weighted by molar-refractivity contribution is 0.0961. The predicted octanol–water partition coefficient (Wildman–Crippen LogP) is 2.27. The van der Waals surface area contributed by atoms with Crippen molar-refractivity contribution in [2.45, 2.75) is 51.6 Å². The van der Waals surface area contributed by atoms with E-state index in [2.05, 4.69) is 11.8 Å². The lowest BCUT2D eigenvalue weighted by Crippen LogP contribution is -2.34. The molecule has 1 aliphatic heterocycles. The Labute approximate surface area is 93.7 Å². The van der Waals surface area contributed by atoms with Gasteiger partial charge >= 0.3 is 0 Å². The average Bonchev–Trinajstić information content (AvgIpc) is 3.05. The van der Waals surface area contributed by atoms with Gasteiger partial charge < -0.3 is 10.0 Å². The van der Waals surface area contributed by atoms with E-state index in [0.29, 0.717) is 5.92 Å². The molecule has 88 valence electrons. The molecule has 2 fully saturated rings. The molecular weight excluding hydrogens is 186 g/mol. The number of nitrogens with zero attached hydrogens (tertiary/aromatic N) is 1. The molecule has 2 aliphatic rings. The molecule has 2 nitrogen and oxygen atoms in total. The zero-order chi connectivity index (χ0) is 10.7. The molecule has 2 heteroatoms. The molecule has 0 aromatic heterocycles. The summed E-state index contributed by atoms with van der Waals surface area (Å²) in [6.45, 7) is 5.66. The fourth-order valence-electron chi connectivity index (χ4n) is 2.71. The van der Waals surface area contributed by atoms with Crippen molar-refractivity contribution in [2.24, 2.45) is 11.8 Å². The van der Waals surface area contributed by atoms with Crippen LogP contribution in [0.2, 0.25) is 0 Å². The number of hydrogen-bond donors (Lipinski definition) is 1. The minimum atomic E-state index is -0.0387. The first kappa shape index (κ1) is 11.4. The molecule has 0 aromatic carbocycles. The molecule has 0 spiro atoms. The van der Waals surface area contributed by atoms with Crippen LogP contribution in [0.15, 0.2) is 0 Å². The van der Waals surface area contributed by atoms with Crippen molar-refractivity contribution < 1.29 is 5.11 Å². The molecule has 2 rings (SSSR count). The first-order valence-electron chi connectivity index (χ1n) is 6.70. The molecule has 0 amide bonds. The number of rotatable bonds is 4. The van der Waals surface area contributed by atoms with Gasteiger partial charge in [0.15, 0.2) is 0 Å². The Morgan fingerprint density at radius 3 is 2.67 bits per heavy atom. The van der Waals surface area contributed by atoms with E-state index >= 15 is 0 Å². The molecule has 0 bridgehead atoms. The summed E-state index contributed by atoms with van der Waals surface area (Å²) in [4.78, 5) is 2.48. The Balaban J connectivity index is 1.72. The zero-order valence-corrected chi connectivity index (χ0v) is 9.99. The normalized spacial score (nSPS) is 31.2. The Bertz CT molecular complexity index is 191. The van der Waals surface area contributed by atoms with E-state index in [4.69, 9.17) is 0 Å². The fraction of sp³-hybridized carbons (Fsp3) is 1.00. The molecule has 2 atom stereocenters. The van der Waals surface area contributed by atoms with Crippen LogP contribution in [0.4, 0.5) is 0 Å². The third kappa shape index (κ3) is 3.46. The molecule has 15 heavy (non-hydrogen) atoms. The number of β-amino-alcohol motifs (C(OH)–C–C–N with tert-alkyl or cyclic N) is 1. The summed E-state index contributed by atoms with van der Waals surface area (Å²) in [5, 5.41) is 9.91. The molecule has 1 N–H and O–H groups in total. The van der Waals surface area contributed by atoms with E-state index in [-0.39, 0.29) is 6.10 Å². The Kier molecular flexibility index (Phi) is 4.04. The molecule has 0 radical (unpaired) electrons. The maximum Gasteiger partial charge on any atom is 0.0695 e. The smallest absolute Gasteiger partial charge is 0.0695 e. The largest absolute Gasteiger partial charge is 0.392 e. The molecule has 2 unspecified atom stereocenters. The highest BCUT2D eigenvalue weighted by Crippen LogP contribution is 2.33. The van der Waals surface area contributed by atoms with Crippen molar-refractivity contribution in [3.05, 3.63) is 0 Å². The van der Waals surface area contributed by atoms with E-state index in [1.165, 1.54) is 51.6 Å². The highest BCUT2D eigenvalue weighted by Gasteiger charge is 2.31. The van der Waals surface area contributed by atoms with E-state index in [1.807, 2.05) is 0 Å². The Morgan fingerprint density at radius 1 is 1.20 bits per heavy atom. The standard InChI is InChI=1S/C13H25NO/c1-2-11-4-3-8-14(9-7-11)10-13(15)12-5-6-12/h11-13,15H,2-10H2,1H3. The van der Waals surface area contributed by atoms with Crippen molar-refractivity contribution in [1.29, 1.82) is 0 Å². The summed E-state index contributed by atoms with van der Waals surface area (Å²) < 4.78 is 0. The Hall–Kier alpha value is -0.0800. The highest BCUT2D eigenvalue weighted by atomic mass is 16.3. The second-order valence-corrected chi connectivity index (χ2v) is 5.41. The van der Waals surface area contributed by atoms with E-state index in [9.17, 15) is 5.11 Å². The number of aliphatic hydroxyl groups excluding tert-OH is 1. The van der Waals surface area contributed by atoms with Crippen molar-refractivity contribution >= 4 is 0 Å². The average molecular weight is 211 g/mol. The van der Waals surface area contributed by atoms with Crippen LogP contribution in [0.25, 0.3) is 0 Å². The van der Waals surface area contributed by atoms with Gasteiger partial charge in [-0.1, -0.05) is 13.3 Å². The van der Waals surface area contributed by atoms with Crippen molar-refractivity contribution in [3.8, 4) is 0 Å². The minimum absolute atomic E-state index is 0.0387. The van der Waals surface area contributed by atoms with Gasteiger partial charge in [-0.3, -0.25) is 0 Å². The summed E-state index contributed by atoms with van der Waals surface area (Å²) in [5.41, 5.74) is 0. The second-order valence-electron chi connectivity index (χ2n) is 5.41. The van der Waals surface area contributed by atoms with E-state index in [1.54, 1.807) is 0 Å². The van der Waals surface area contributed by atoms with Crippen LogP contribution in [0.5, 0.6) is 0 Å². The maximum absolute atomic E-state index is 9.91. The SMILES string of the molecule is CCC1CCCN(CC(O)C2CC2)CC1. The highest BCUT2D eigenvalue weighted by molar-refractivity contribution is 4.83. The molecular formula is C13H25NO. The van der Waals surface area contributed by atoms with Crippen molar-refractivity contribution in [1.82, 2.24) is 4.90 Å². The molecule has 1 heterocycles. The maximum atomic E-state index is 9.91. The summed E-state index contributed by atoms with van der Waals surface area (Å²) >= 11 is 0. The molecule has 1 aliphatic carbocycles. The van der Waals surface area contributed by atoms with Gasteiger partial charge in [0.25, 0.3) is 0 Å².